The lowest BCUT2D eigenvalue weighted by Gasteiger charge is -2.30. The molecule has 1 aromatic rings. The number of guanidine groups is 1. The maximum atomic E-state index is 12.1. The molecule has 1 aliphatic rings. The summed E-state index contributed by atoms with van der Waals surface area (Å²) >= 11 is 0. The van der Waals surface area contributed by atoms with Gasteiger partial charge >= 0.3 is 0 Å². The van der Waals surface area contributed by atoms with Crippen LogP contribution in [-0.4, -0.2) is 53.9 Å². The molecule has 5 nitrogen and oxygen atoms in total. The minimum Gasteiger partial charge on any atom is -0.370 e. The second-order valence-corrected chi connectivity index (χ2v) is 9.17. The fourth-order valence-electron chi connectivity index (χ4n) is 3.81. The Hall–Kier alpha value is -1.56. The van der Waals surface area contributed by atoms with Crippen LogP contribution in [0.15, 0.2) is 29.3 Å². The van der Waals surface area contributed by atoms with Crippen LogP contribution in [0.1, 0.15) is 45.1 Å². The van der Waals surface area contributed by atoms with Gasteiger partial charge < -0.3 is 15.5 Å². The van der Waals surface area contributed by atoms with Crippen LogP contribution in [0.5, 0.6) is 0 Å². The molecular weight excluding hydrogens is 356 g/mol. The van der Waals surface area contributed by atoms with Crippen molar-refractivity contribution in [1.82, 2.24) is 10.6 Å². The summed E-state index contributed by atoms with van der Waals surface area (Å²) in [6.45, 7) is 9.10. The minimum absolute atomic E-state index is 0.330. The quantitative estimate of drug-likeness (QED) is 0.527. The van der Waals surface area contributed by atoms with Crippen LogP contribution >= 0.6 is 0 Å². The van der Waals surface area contributed by atoms with E-state index in [-0.39, 0.29) is 0 Å². The standard InChI is InChI=1S/C21H36N4OS/c1-5-25(20-13-8-7-10-17(20)3)15-14-23-21(22-4)24-18-11-9-12-19(16-18)27(26)6-2/h7-8,10,13,18-19H,5-6,9,11-12,14-16H2,1-4H3,(H2,22,23,24). The van der Waals surface area contributed by atoms with Crippen molar-refractivity contribution >= 4 is 22.4 Å². The van der Waals surface area contributed by atoms with Gasteiger partial charge in [-0.25, -0.2) is 0 Å². The Kier molecular flexibility index (Phi) is 9.11. The zero-order valence-electron chi connectivity index (χ0n) is 17.3. The summed E-state index contributed by atoms with van der Waals surface area (Å²) in [4.78, 5) is 6.77. The van der Waals surface area contributed by atoms with Crippen LogP contribution < -0.4 is 15.5 Å². The lowest BCUT2D eigenvalue weighted by molar-refractivity contribution is 0.413. The Morgan fingerprint density at radius 2 is 2.07 bits per heavy atom. The molecule has 0 aliphatic heterocycles. The number of nitrogens with zero attached hydrogens (tertiary/aromatic N) is 2. The molecule has 27 heavy (non-hydrogen) atoms. The molecule has 0 saturated heterocycles. The van der Waals surface area contributed by atoms with E-state index in [9.17, 15) is 4.21 Å². The fourth-order valence-corrected chi connectivity index (χ4v) is 5.16. The van der Waals surface area contributed by atoms with Gasteiger partial charge in [-0.2, -0.15) is 0 Å². The number of likely N-dealkylation sites (N-methyl/N-ethyl adjacent to an activating group) is 1. The molecular formula is C21H36N4OS. The Morgan fingerprint density at radius 1 is 1.30 bits per heavy atom. The number of aryl methyl sites for hydroxylation is 1. The molecule has 1 fully saturated rings. The van der Waals surface area contributed by atoms with E-state index in [2.05, 4.69) is 58.6 Å². The molecule has 6 heteroatoms. The average molecular weight is 393 g/mol. The molecule has 3 atom stereocenters. The van der Waals surface area contributed by atoms with Crippen molar-refractivity contribution in [3.05, 3.63) is 29.8 Å². The largest absolute Gasteiger partial charge is 0.370 e. The van der Waals surface area contributed by atoms with Gasteiger partial charge in [-0.05, 0) is 44.7 Å². The lowest BCUT2D eigenvalue weighted by Crippen LogP contribution is -2.48. The van der Waals surface area contributed by atoms with Gasteiger partial charge in [-0.15, -0.1) is 0 Å². The predicted octanol–water partition coefficient (Wildman–Crippen LogP) is 3.07. The molecule has 0 spiro atoms. The average Bonchev–Trinajstić information content (AvgIpc) is 2.70. The summed E-state index contributed by atoms with van der Waals surface area (Å²) in [6.07, 6.45) is 4.34. The van der Waals surface area contributed by atoms with Gasteiger partial charge in [-0.1, -0.05) is 31.5 Å². The number of anilines is 1. The van der Waals surface area contributed by atoms with Crippen LogP contribution in [0.3, 0.4) is 0 Å². The first kappa shape index (κ1) is 21.7. The maximum Gasteiger partial charge on any atom is 0.191 e. The molecule has 1 saturated carbocycles. The number of aliphatic imine (C=N–C) groups is 1. The van der Waals surface area contributed by atoms with Gasteiger partial charge in [0.2, 0.25) is 0 Å². The lowest BCUT2D eigenvalue weighted by atomic mass is 9.95. The van der Waals surface area contributed by atoms with E-state index in [0.717, 1.165) is 57.0 Å². The molecule has 0 aromatic heterocycles. The van der Waals surface area contributed by atoms with Gasteiger partial charge in [0, 0.05) is 60.2 Å². The molecule has 0 amide bonds. The normalized spacial score (nSPS) is 21.6. The third-order valence-corrected chi connectivity index (χ3v) is 7.10. The summed E-state index contributed by atoms with van der Waals surface area (Å²) in [5, 5.41) is 7.32. The summed E-state index contributed by atoms with van der Waals surface area (Å²) in [5.74, 6) is 1.61. The topological polar surface area (TPSA) is 56.7 Å². The maximum absolute atomic E-state index is 12.1. The summed E-state index contributed by atoms with van der Waals surface area (Å²) in [7, 11) is 1.12. The van der Waals surface area contributed by atoms with E-state index >= 15 is 0 Å². The Labute approximate surface area is 167 Å². The molecule has 0 radical (unpaired) electrons. The second-order valence-electron chi connectivity index (χ2n) is 7.16. The number of rotatable bonds is 8. The second kappa shape index (κ2) is 11.3. The zero-order chi connectivity index (χ0) is 19.6. The molecule has 0 bridgehead atoms. The zero-order valence-corrected chi connectivity index (χ0v) is 18.1. The van der Waals surface area contributed by atoms with E-state index in [1.165, 1.54) is 11.3 Å². The highest BCUT2D eigenvalue weighted by atomic mass is 32.2. The van der Waals surface area contributed by atoms with Crippen LogP contribution in [-0.2, 0) is 10.8 Å². The summed E-state index contributed by atoms with van der Waals surface area (Å²) < 4.78 is 12.1. The highest BCUT2D eigenvalue weighted by Crippen LogP contribution is 2.23. The van der Waals surface area contributed by atoms with Crippen molar-refractivity contribution in [3.8, 4) is 0 Å². The van der Waals surface area contributed by atoms with Crippen molar-refractivity contribution in [3.63, 3.8) is 0 Å². The highest BCUT2D eigenvalue weighted by molar-refractivity contribution is 7.85. The van der Waals surface area contributed by atoms with Gasteiger partial charge in [-0.3, -0.25) is 9.20 Å². The smallest absolute Gasteiger partial charge is 0.191 e. The third-order valence-electron chi connectivity index (χ3n) is 5.36. The Morgan fingerprint density at radius 3 is 2.74 bits per heavy atom. The van der Waals surface area contributed by atoms with Crippen LogP contribution in [0.4, 0.5) is 5.69 Å². The molecule has 0 heterocycles. The minimum atomic E-state index is -0.694. The van der Waals surface area contributed by atoms with Crippen molar-refractivity contribution in [2.24, 2.45) is 4.99 Å². The predicted molar refractivity (Wildman–Crippen MR) is 118 cm³/mol. The van der Waals surface area contributed by atoms with Crippen LogP contribution in [0, 0.1) is 6.92 Å². The summed E-state index contributed by atoms with van der Waals surface area (Å²) in [5.41, 5.74) is 2.60. The SMILES string of the molecule is CCN(CCNC(=NC)NC1CCCC(S(=O)CC)C1)c1ccccc1C. The Balaban J connectivity index is 1.83. The first-order valence-corrected chi connectivity index (χ1v) is 11.6. The van der Waals surface area contributed by atoms with E-state index < -0.39 is 10.8 Å². The molecule has 2 N–H and O–H groups in total. The first-order chi connectivity index (χ1) is 13.1. The number of nitrogens with one attached hydrogen (secondary N) is 2. The fraction of sp³-hybridized carbons (Fsp3) is 0.667. The monoisotopic (exact) mass is 392 g/mol. The number of para-hydroxylation sites is 1. The molecule has 1 aromatic carbocycles. The highest BCUT2D eigenvalue weighted by Gasteiger charge is 2.26. The first-order valence-electron chi connectivity index (χ1n) is 10.2. The van der Waals surface area contributed by atoms with Crippen LogP contribution in [0.2, 0.25) is 0 Å². The van der Waals surface area contributed by atoms with Gasteiger partial charge in [0.25, 0.3) is 0 Å². The number of benzene rings is 1. The van der Waals surface area contributed by atoms with Crippen LogP contribution in [0.25, 0.3) is 0 Å². The van der Waals surface area contributed by atoms with E-state index in [1.54, 1.807) is 0 Å². The molecule has 3 unspecified atom stereocenters. The van der Waals surface area contributed by atoms with Crippen molar-refractivity contribution in [2.75, 3.05) is 37.3 Å². The van der Waals surface area contributed by atoms with E-state index in [0.29, 0.717) is 11.3 Å². The van der Waals surface area contributed by atoms with E-state index in [1.807, 2.05) is 14.0 Å². The Bertz CT molecular complexity index is 634. The van der Waals surface area contributed by atoms with Crippen molar-refractivity contribution < 1.29 is 4.21 Å². The van der Waals surface area contributed by atoms with E-state index in [4.69, 9.17) is 0 Å². The van der Waals surface area contributed by atoms with Gasteiger partial charge in [0.05, 0.1) is 0 Å². The molecule has 152 valence electrons. The van der Waals surface area contributed by atoms with Crippen molar-refractivity contribution in [2.45, 2.75) is 57.7 Å². The van der Waals surface area contributed by atoms with Crippen molar-refractivity contribution in [1.29, 1.82) is 0 Å². The number of hydrogen-bond donors (Lipinski definition) is 2. The number of hydrogen-bond acceptors (Lipinski definition) is 3. The molecule has 2 rings (SSSR count). The molecule has 1 aliphatic carbocycles. The summed E-state index contributed by atoms with van der Waals surface area (Å²) in [6, 6.07) is 8.88. The van der Waals surface area contributed by atoms with Gasteiger partial charge in [0.1, 0.15) is 0 Å². The third kappa shape index (κ3) is 6.52. The van der Waals surface area contributed by atoms with Gasteiger partial charge in [0.15, 0.2) is 5.96 Å².